The lowest BCUT2D eigenvalue weighted by atomic mass is 10.2. The highest BCUT2D eigenvalue weighted by Gasteiger charge is 2.13. The van der Waals surface area contributed by atoms with Crippen LogP contribution in [0.4, 0.5) is 0 Å². The number of rotatable bonds is 4. The van der Waals surface area contributed by atoms with E-state index in [4.69, 9.17) is 14.7 Å². The molecule has 0 atom stereocenters. The van der Waals surface area contributed by atoms with E-state index < -0.39 is 5.97 Å². The maximum atomic E-state index is 11.9. The SMILES string of the molecule is COc1cc(C#N)ccc1OC(=O)Cn1c(C)csc1=O. The summed E-state index contributed by atoms with van der Waals surface area (Å²) in [6, 6.07) is 6.45. The van der Waals surface area contributed by atoms with Crippen LogP contribution in [-0.4, -0.2) is 17.6 Å². The fraction of sp³-hybridized carbons (Fsp3) is 0.214. The molecule has 0 N–H and O–H groups in total. The third-order valence-electron chi connectivity index (χ3n) is 2.78. The monoisotopic (exact) mass is 304 g/mol. The van der Waals surface area contributed by atoms with Crippen molar-refractivity contribution in [3.63, 3.8) is 0 Å². The number of benzene rings is 1. The lowest BCUT2D eigenvalue weighted by Gasteiger charge is -2.10. The van der Waals surface area contributed by atoms with E-state index >= 15 is 0 Å². The van der Waals surface area contributed by atoms with Crippen molar-refractivity contribution in [2.24, 2.45) is 0 Å². The first-order valence-electron chi connectivity index (χ1n) is 5.99. The van der Waals surface area contributed by atoms with Gasteiger partial charge in [-0.25, -0.2) is 4.79 Å². The molecule has 108 valence electrons. The first-order chi connectivity index (χ1) is 10.0. The van der Waals surface area contributed by atoms with Crippen LogP contribution in [0.1, 0.15) is 11.3 Å². The largest absolute Gasteiger partial charge is 0.493 e. The molecule has 1 heterocycles. The van der Waals surface area contributed by atoms with Gasteiger partial charge in [-0.1, -0.05) is 11.3 Å². The van der Waals surface area contributed by atoms with E-state index in [1.165, 1.54) is 29.9 Å². The highest BCUT2D eigenvalue weighted by Crippen LogP contribution is 2.28. The van der Waals surface area contributed by atoms with Gasteiger partial charge in [0.1, 0.15) is 6.54 Å². The number of hydrogen-bond donors (Lipinski definition) is 0. The van der Waals surface area contributed by atoms with Gasteiger partial charge in [-0.15, -0.1) is 0 Å². The average molecular weight is 304 g/mol. The van der Waals surface area contributed by atoms with Gasteiger partial charge < -0.3 is 9.47 Å². The Morgan fingerprint density at radius 3 is 2.76 bits per heavy atom. The molecule has 0 radical (unpaired) electrons. The standard InChI is InChI=1S/C14H12N2O4S/c1-9-8-21-14(18)16(9)7-13(17)20-11-4-3-10(6-15)5-12(11)19-2/h3-5,8H,7H2,1-2H3. The summed E-state index contributed by atoms with van der Waals surface area (Å²) in [5, 5.41) is 10.5. The first kappa shape index (κ1) is 14.8. The molecule has 6 nitrogen and oxygen atoms in total. The lowest BCUT2D eigenvalue weighted by molar-refractivity contribution is -0.135. The van der Waals surface area contributed by atoms with Crippen LogP contribution in [-0.2, 0) is 11.3 Å². The van der Waals surface area contributed by atoms with Crippen LogP contribution in [0.3, 0.4) is 0 Å². The molecule has 1 aromatic heterocycles. The van der Waals surface area contributed by atoms with Crippen molar-refractivity contribution in [1.29, 1.82) is 5.26 Å². The van der Waals surface area contributed by atoms with Crippen molar-refractivity contribution >= 4 is 17.3 Å². The van der Waals surface area contributed by atoms with Gasteiger partial charge in [-0.05, 0) is 19.1 Å². The van der Waals surface area contributed by atoms with E-state index in [2.05, 4.69) is 0 Å². The maximum absolute atomic E-state index is 11.9. The summed E-state index contributed by atoms with van der Waals surface area (Å²) in [7, 11) is 1.42. The number of carbonyl (C=O) groups is 1. The third-order valence-corrected chi connectivity index (χ3v) is 3.66. The van der Waals surface area contributed by atoms with Crippen molar-refractivity contribution in [2.45, 2.75) is 13.5 Å². The van der Waals surface area contributed by atoms with E-state index in [1.54, 1.807) is 12.3 Å². The normalized spacial score (nSPS) is 9.95. The minimum absolute atomic E-state index is 0.169. The van der Waals surface area contributed by atoms with Crippen molar-refractivity contribution in [3.05, 3.63) is 44.5 Å². The second-order valence-electron chi connectivity index (χ2n) is 4.18. The van der Waals surface area contributed by atoms with Gasteiger partial charge in [-0.2, -0.15) is 5.26 Å². The number of nitriles is 1. The Balaban J connectivity index is 2.17. The molecule has 7 heteroatoms. The Hall–Kier alpha value is -2.59. The zero-order valence-electron chi connectivity index (χ0n) is 11.5. The van der Waals surface area contributed by atoms with Crippen molar-refractivity contribution in [3.8, 4) is 17.6 Å². The molecule has 0 aliphatic rings. The number of nitrogens with zero attached hydrogens (tertiary/aromatic N) is 2. The van der Waals surface area contributed by atoms with Crippen LogP contribution < -0.4 is 14.3 Å². The molecule has 0 bridgehead atoms. The highest BCUT2D eigenvalue weighted by atomic mass is 32.1. The summed E-state index contributed by atoms with van der Waals surface area (Å²) in [4.78, 5) is 23.2. The lowest BCUT2D eigenvalue weighted by Crippen LogP contribution is -2.23. The molecular weight excluding hydrogens is 292 g/mol. The Morgan fingerprint density at radius 1 is 1.43 bits per heavy atom. The zero-order chi connectivity index (χ0) is 15.4. The fourth-order valence-electron chi connectivity index (χ4n) is 1.70. The Kier molecular flexibility index (Phi) is 4.40. The van der Waals surface area contributed by atoms with Crippen LogP contribution >= 0.6 is 11.3 Å². The van der Waals surface area contributed by atoms with Gasteiger partial charge in [-0.3, -0.25) is 9.36 Å². The van der Waals surface area contributed by atoms with Gasteiger partial charge in [0.15, 0.2) is 11.5 Å². The van der Waals surface area contributed by atoms with Crippen LogP contribution in [0.25, 0.3) is 0 Å². The van der Waals surface area contributed by atoms with Crippen LogP contribution in [0.15, 0.2) is 28.4 Å². The summed E-state index contributed by atoms with van der Waals surface area (Å²) < 4.78 is 11.6. The van der Waals surface area contributed by atoms with E-state index in [0.29, 0.717) is 11.3 Å². The quantitative estimate of drug-likeness (QED) is 0.634. The molecule has 2 aromatic rings. The second kappa shape index (κ2) is 6.24. The van der Waals surface area contributed by atoms with E-state index in [0.717, 1.165) is 11.3 Å². The van der Waals surface area contributed by atoms with Crippen LogP contribution in [0, 0.1) is 18.3 Å². The summed E-state index contributed by atoms with van der Waals surface area (Å²) in [5.41, 5.74) is 1.10. The topological polar surface area (TPSA) is 81.3 Å². The smallest absolute Gasteiger partial charge is 0.331 e. The molecule has 0 unspecified atom stereocenters. The molecule has 0 aliphatic carbocycles. The summed E-state index contributed by atoms with van der Waals surface area (Å²) in [6.07, 6.45) is 0. The summed E-state index contributed by atoms with van der Waals surface area (Å²) >= 11 is 1.03. The minimum Gasteiger partial charge on any atom is -0.493 e. The maximum Gasteiger partial charge on any atom is 0.331 e. The molecule has 2 rings (SSSR count). The number of carbonyl (C=O) groups excluding carboxylic acids is 1. The molecule has 0 saturated heterocycles. The minimum atomic E-state index is -0.582. The molecular formula is C14H12N2O4S. The average Bonchev–Trinajstić information content (AvgIpc) is 2.79. The number of esters is 1. The number of aromatic nitrogens is 1. The number of thiazole rings is 1. The zero-order valence-corrected chi connectivity index (χ0v) is 12.3. The van der Waals surface area contributed by atoms with E-state index in [1.807, 2.05) is 6.07 Å². The Bertz CT molecular complexity index is 770. The fourth-order valence-corrected chi connectivity index (χ4v) is 2.44. The molecule has 0 aliphatic heterocycles. The molecule has 21 heavy (non-hydrogen) atoms. The highest BCUT2D eigenvalue weighted by molar-refractivity contribution is 7.07. The summed E-state index contributed by atoms with van der Waals surface area (Å²) in [5.74, 6) is -0.0826. The van der Waals surface area contributed by atoms with Crippen LogP contribution in [0.2, 0.25) is 0 Å². The van der Waals surface area contributed by atoms with Gasteiger partial charge in [0.25, 0.3) is 0 Å². The number of hydrogen-bond acceptors (Lipinski definition) is 6. The van der Waals surface area contributed by atoms with E-state index in [9.17, 15) is 9.59 Å². The van der Waals surface area contributed by atoms with Crippen molar-refractivity contribution in [1.82, 2.24) is 4.57 Å². The first-order valence-corrected chi connectivity index (χ1v) is 6.87. The van der Waals surface area contributed by atoms with Gasteiger partial charge >= 0.3 is 10.8 Å². The number of methoxy groups -OCH3 is 1. The molecule has 0 saturated carbocycles. The predicted molar refractivity (Wildman–Crippen MR) is 76.7 cm³/mol. The second-order valence-corrected chi connectivity index (χ2v) is 5.00. The summed E-state index contributed by atoms with van der Waals surface area (Å²) in [6.45, 7) is 1.57. The molecule has 1 aromatic carbocycles. The molecule has 0 amide bonds. The third kappa shape index (κ3) is 3.30. The van der Waals surface area contributed by atoms with Gasteiger partial charge in [0, 0.05) is 17.1 Å². The molecule has 0 spiro atoms. The predicted octanol–water partition coefficient (Wildman–Crippen LogP) is 1.70. The Morgan fingerprint density at radius 2 is 2.19 bits per heavy atom. The van der Waals surface area contributed by atoms with Crippen LogP contribution in [0.5, 0.6) is 11.5 Å². The van der Waals surface area contributed by atoms with E-state index in [-0.39, 0.29) is 22.9 Å². The van der Waals surface area contributed by atoms with Gasteiger partial charge in [0.2, 0.25) is 0 Å². The van der Waals surface area contributed by atoms with Gasteiger partial charge in [0.05, 0.1) is 18.7 Å². The number of ether oxygens (including phenoxy) is 2. The Labute approximate surface area is 124 Å². The molecule has 0 fully saturated rings. The number of aryl methyl sites for hydroxylation is 1. The van der Waals surface area contributed by atoms with Crippen molar-refractivity contribution < 1.29 is 14.3 Å². The van der Waals surface area contributed by atoms with Crippen molar-refractivity contribution in [2.75, 3.05) is 7.11 Å².